The highest BCUT2D eigenvalue weighted by Gasteiger charge is 2.04. The zero-order valence-electron chi connectivity index (χ0n) is 10.0. The predicted octanol–water partition coefficient (Wildman–Crippen LogP) is -0.710. The second kappa shape index (κ2) is 9.89. The second-order valence-electron chi connectivity index (χ2n) is 3.54. The minimum Gasteiger partial charge on any atom is -0.385 e. The smallest absolute Gasteiger partial charge is 0.234 e. The lowest BCUT2D eigenvalue weighted by Crippen LogP contribution is -2.38. The Kier molecular flexibility index (Phi) is 9.46. The molecule has 0 aliphatic rings. The number of carbonyl (C=O) groups excluding carboxylic acids is 1. The van der Waals surface area contributed by atoms with E-state index in [4.69, 9.17) is 4.74 Å². The molecular weight excluding hydrogens is 194 g/mol. The summed E-state index contributed by atoms with van der Waals surface area (Å²) in [5.41, 5.74) is 0. The molecule has 0 saturated carbocycles. The Morgan fingerprint density at radius 3 is 2.73 bits per heavy atom. The van der Waals surface area contributed by atoms with Crippen molar-refractivity contribution in [1.29, 1.82) is 0 Å². The summed E-state index contributed by atoms with van der Waals surface area (Å²) >= 11 is 0. The fourth-order valence-electron chi connectivity index (χ4n) is 1.13. The number of hydrogen-bond acceptors (Lipinski definition) is 4. The first-order valence-electron chi connectivity index (χ1n) is 5.29. The number of ether oxygens (including phenoxy) is 1. The van der Waals surface area contributed by atoms with E-state index in [1.165, 1.54) is 0 Å². The molecule has 0 aromatic rings. The Hall–Kier alpha value is -0.650. The van der Waals surface area contributed by atoms with E-state index in [9.17, 15) is 4.79 Å². The van der Waals surface area contributed by atoms with Gasteiger partial charge in [0.2, 0.25) is 5.91 Å². The van der Waals surface area contributed by atoms with Crippen molar-refractivity contribution in [2.75, 3.05) is 54.0 Å². The van der Waals surface area contributed by atoms with Crippen LogP contribution in [0.4, 0.5) is 0 Å². The Labute approximate surface area is 92.2 Å². The number of methoxy groups -OCH3 is 1. The lowest BCUT2D eigenvalue weighted by molar-refractivity contribution is -0.121. The van der Waals surface area contributed by atoms with E-state index in [2.05, 4.69) is 10.6 Å². The molecule has 0 spiro atoms. The number of amides is 1. The minimum absolute atomic E-state index is 0.0738. The summed E-state index contributed by atoms with van der Waals surface area (Å²) in [7, 11) is 5.50. The molecule has 0 aromatic heterocycles. The zero-order valence-corrected chi connectivity index (χ0v) is 10.0. The molecule has 90 valence electrons. The summed E-state index contributed by atoms with van der Waals surface area (Å²) in [5, 5.41) is 5.89. The zero-order chi connectivity index (χ0) is 11.5. The standard InChI is InChI=1S/C10H23N3O2/c1-11-6-7-13(2)9-10(14)12-5-4-8-15-3/h11H,4-9H2,1-3H3,(H,12,14). The number of nitrogens with one attached hydrogen (secondary N) is 2. The molecule has 0 bridgehead atoms. The quantitative estimate of drug-likeness (QED) is 0.501. The fourth-order valence-corrected chi connectivity index (χ4v) is 1.13. The van der Waals surface area contributed by atoms with Gasteiger partial charge in [0.15, 0.2) is 0 Å². The molecule has 0 fully saturated rings. The summed E-state index contributed by atoms with van der Waals surface area (Å²) in [4.78, 5) is 13.4. The third-order valence-electron chi connectivity index (χ3n) is 2.00. The highest BCUT2D eigenvalue weighted by Crippen LogP contribution is 1.82. The maximum Gasteiger partial charge on any atom is 0.234 e. The number of hydrogen-bond donors (Lipinski definition) is 2. The summed E-state index contributed by atoms with van der Waals surface area (Å²) in [6.07, 6.45) is 0.864. The van der Waals surface area contributed by atoms with Gasteiger partial charge in [0, 0.05) is 33.4 Å². The summed E-state index contributed by atoms with van der Waals surface area (Å²) in [6.45, 7) is 3.60. The normalized spacial score (nSPS) is 10.7. The molecule has 0 aromatic carbocycles. The van der Waals surface area contributed by atoms with E-state index in [0.29, 0.717) is 19.7 Å². The third-order valence-corrected chi connectivity index (χ3v) is 2.00. The minimum atomic E-state index is 0.0738. The largest absolute Gasteiger partial charge is 0.385 e. The van der Waals surface area contributed by atoms with Gasteiger partial charge in [0.05, 0.1) is 6.54 Å². The monoisotopic (exact) mass is 217 g/mol. The van der Waals surface area contributed by atoms with Crippen LogP contribution in [-0.4, -0.2) is 64.8 Å². The first-order chi connectivity index (χ1) is 7.20. The van der Waals surface area contributed by atoms with Gasteiger partial charge >= 0.3 is 0 Å². The first-order valence-corrected chi connectivity index (χ1v) is 5.29. The van der Waals surface area contributed by atoms with Crippen molar-refractivity contribution in [3.05, 3.63) is 0 Å². The number of carbonyl (C=O) groups is 1. The number of nitrogens with zero attached hydrogens (tertiary/aromatic N) is 1. The van der Waals surface area contributed by atoms with Crippen molar-refractivity contribution in [3.63, 3.8) is 0 Å². The van der Waals surface area contributed by atoms with Gasteiger partial charge < -0.3 is 15.4 Å². The van der Waals surface area contributed by atoms with Crippen LogP contribution in [0.5, 0.6) is 0 Å². The summed E-state index contributed by atoms with van der Waals surface area (Å²) < 4.78 is 4.89. The van der Waals surface area contributed by atoms with Gasteiger partial charge in [0.1, 0.15) is 0 Å². The van der Waals surface area contributed by atoms with E-state index < -0.39 is 0 Å². The van der Waals surface area contributed by atoms with Crippen LogP contribution in [0.2, 0.25) is 0 Å². The number of rotatable bonds is 9. The van der Waals surface area contributed by atoms with Crippen LogP contribution in [0.3, 0.4) is 0 Å². The molecular formula is C10H23N3O2. The molecule has 15 heavy (non-hydrogen) atoms. The maximum atomic E-state index is 11.4. The summed E-state index contributed by atoms with van der Waals surface area (Å²) in [5.74, 6) is 0.0738. The topological polar surface area (TPSA) is 53.6 Å². The molecule has 0 heterocycles. The molecule has 0 radical (unpaired) electrons. The van der Waals surface area contributed by atoms with Crippen LogP contribution < -0.4 is 10.6 Å². The molecule has 0 rings (SSSR count). The Balaban J connectivity index is 3.38. The molecule has 0 unspecified atom stereocenters. The Morgan fingerprint density at radius 1 is 1.40 bits per heavy atom. The van der Waals surface area contributed by atoms with Crippen molar-refractivity contribution in [2.45, 2.75) is 6.42 Å². The van der Waals surface area contributed by atoms with Gasteiger partial charge in [-0.15, -0.1) is 0 Å². The van der Waals surface area contributed by atoms with Crippen LogP contribution in [0, 0.1) is 0 Å². The van der Waals surface area contributed by atoms with Crippen molar-refractivity contribution >= 4 is 5.91 Å². The van der Waals surface area contributed by atoms with Crippen molar-refractivity contribution in [1.82, 2.24) is 15.5 Å². The van der Waals surface area contributed by atoms with E-state index >= 15 is 0 Å². The average molecular weight is 217 g/mol. The molecule has 0 atom stereocenters. The van der Waals surface area contributed by atoms with Gasteiger partial charge in [-0.25, -0.2) is 0 Å². The molecule has 0 aliphatic carbocycles. The van der Waals surface area contributed by atoms with E-state index in [0.717, 1.165) is 19.5 Å². The van der Waals surface area contributed by atoms with Gasteiger partial charge in [-0.05, 0) is 20.5 Å². The van der Waals surface area contributed by atoms with Crippen LogP contribution in [-0.2, 0) is 9.53 Å². The van der Waals surface area contributed by atoms with Gasteiger partial charge in [0.25, 0.3) is 0 Å². The first kappa shape index (κ1) is 14.3. The van der Waals surface area contributed by atoms with Crippen molar-refractivity contribution in [3.8, 4) is 0 Å². The maximum absolute atomic E-state index is 11.4. The SMILES string of the molecule is CNCCN(C)CC(=O)NCCCOC. The van der Waals surface area contributed by atoms with Crippen LogP contribution in [0.1, 0.15) is 6.42 Å². The highest BCUT2D eigenvalue weighted by atomic mass is 16.5. The average Bonchev–Trinajstić information content (AvgIpc) is 2.21. The highest BCUT2D eigenvalue weighted by molar-refractivity contribution is 5.77. The van der Waals surface area contributed by atoms with Gasteiger partial charge in [-0.1, -0.05) is 0 Å². The lowest BCUT2D eigenvalue weighted by atomic mass is 10.4. The second-order valence-corrected chi connectivity index (χ2v) is 3.54. The fraction of sp³-hybridized carbons (Fsp3) is 0.900. The molecule has 1 amide bonds. The Morgan fingerprint density at radius 2 is 2.13 bits per heavy atom. The van der Waals surface area contributed by atoms with E-state index in [1.54, 1.807) is 7.11 Å². The van der Waals surface area contributed by atoms with Crippen LogP contribution in [0.15, 0.2) is 0 Å². The van der Waals surface area contributed by atoms with Crippen LogP contribution in [0.25, 0.3) is 0 Å². The number of likely N-dealkylation sites (N-methyl/N-ethyl adjacent to an activating group) is 2. The molecule has 0 aliphatic heterocycles. The van der Waals surface area contributed by atoms with E-state index in [1.807, 2.05) is 19.0 Å². The molecule has 2 N–H and O–H groups in total. The summed E-state index contributed by atoms with van der Waals surface area (Å²) in [6, 6.07) is 0. The predicted molar refractivity (Wildman–Crippen MR) is 60.9 cm³/mol. The Bertz CT molecular complexity index is 165. The lowest BCUT2D eigenvalue weighted by Gasteiger charge is -2.15. The molecule has 0 saturated heterocycles. The third kappa shape index (κ3) is 9.65. The molecule has 5 heteroatoms. The van der Waals surface area contributed by atoms with Crippen molar-refractivity contribution in [2.24, 2.45) is 0 Å². The molecule has 5 nitrogen and oxygen atoms in total. The van der Waals surface area contributed by atoms with Gasteiger partial charge in [-0.3, -0.25) is 9.69 Å². The van der Waals surface area contributed by atoms with Crippen LogP contribution >= 0.6 is 0 Å². The van der Waals surface area contributed by atoms with E-state index in [-0.39, 0.29) is 5.91 Å². The van der Waals surface area contributed by atoms with Crippen molar-refractivity contribution < 1.29 is 9.53 Å². The van der Waals surface area contributed by atoms with Gasteiger partial charge in [-0.2, -0.15) is 0 Å².